The van der Waals surface area contributed by atoms with Crippen LogP contribution in [-0.2, 0) is 6.54 Å². The Morgan fingerprint density at radius 2 is 2.04 bits per heavy atom. The van der Waals surface area contributed by atoms with Crippen molar-refractivity contribution in [3.8, 4) is 0 Å². The van der Waals surface area contributed by atoms with E-state index in [1.54, 1.807) is 31.1 Å². The average Bonchev–Trinajstić information content (AvgIpc) is 2.97. The molecule has 0 radical (unpaired) electrons. The number of pyridine rings is 1. The van der Waals surface area contributed by atoms with Crippen LogP contribution in [0.4, 0.5) is 10.5 Å². The molecule has 3 amide bonds. The molecule has 0 aromatic carbocycles. The SMILES string of the molecule is CCN(Cc1ccc(Cl)s1)C(=O)Nc1ccnc(C(=O)N(C)C)c1. The molecule has 0 saturated heterocycles. The molecule has 2 rings (SSSR count). The van der Waals surface area contributed by atoms with Crippen LogP contribution >= 0.6 is 22.9 Å². The van der Waals surface area contributed by atoms with Crippen LogP contribution in [0.25, 0.3) is 0 Å². The number of hydrogen-bond acceptors (Lipinski definition) is 4. The number of aromatic nitrogens is 1. The highest BCUT2D eigenvalue weighted by atomic mass is 35.5. The first kappa shape index (κ1) is 18.2. The minimum atomic E-state index is -0.239. The van der Waals surface area contributed by atoms with Gasteiger partial charge in [-0.05, 0) is 31.2 Å². The predicted octanol–water partition coefficient (Wildman–Crippen LogP) is 3.55. The summed E-state index contributed by atoms with van der Waals surface area (Å²) in [4.78, 5) is 32.5. The summed E-state index contributed by atoms with van der Waals surface area (Å²) in [5, 5.41) is 2.80. The van der Waals surface area contributed by atoms with Crippen molar-refractivity contribution in [3.05, 3.63) is 45.4 Å². The van der Waals surface area contributed by atoms with Crippen molar-refractivity contribution in [2.75, 3.05) is 26.0 Å². The van der Waals surface area contributed by atoms with Gasteiger partial charge in [0.2, 0.25) is 0 Å². The van der Waals surface area contributed by atoms with Crippen LogP contribution in [0.2, 0.25) is 4.34 Å². The van der Waals surface area contributed by atoms with E-state index in [1.165, 1.54) is 22.4 Å². The summed E-state index contributed by atoms with van der Waals surface area (Å²) < 4.78 is 0.697. The molecule has 0 saturated carbocycles. The monoisotopic (exact) mass is 366 g/mol. The fourth-order valence-corrected chi connectivity index (χ4v) is 3.11. The highest BCUT2D eigenvalue weighted by molar-refractivity contribution is 7.16. The molecule has 0 atom stereocenters. The molecule has 24 heavy (non-hydrogen) atoms. The Bertz CT molecular complexity index is 732. The van der Waals surface area contributed by atoms with Gasteiger partial charge in [-0.15, -0.1) is 11.3 Å². The van der Waals surface area contributed by atoms with E-state index in [4.69, 9.17) is 11.6 Å². The van der Waals surface area contributed by atoms with Crippen molar-refractivity contribution in [3.63, 3.8) is 0 Å². The Balaban J connectivity index is 2.07. The molecule has 8 heteroatoms. The first-order chi connectivity index (χ1) is 11.4. The largest absolute Gasteiger partial charge is 0.343 e. The maximum absolute atomic E-state index is 12.4. The number of nitrogens with zero attached hydrogens (tertiary/aromatic N) is 3. The topological polar surface area (TPSA) is 65.5 Å². The molecule has 1 N–H and O–H groups in total. The van der Waals surface area contributed by atoms with Crippen LogP contribution in [0.3, 0.4) is 0 Å². The fraction of sp³-hybridized carbons (Fsp3) is 0.312. The zero-order valence-electron chi connectivity index (χ0n) is 13.7. The highest BCUT2D eigenvalue weighted by Gasteiger charge is 2.15. The van der Waals surface area contributed by atoms with Gasteiger partial charge in [-0.25, -0.2) is 4.79 Å². The van der Waals surface area contributed by atoms with Crippen LogP contribution < -0.4 is 5.32 Å². The standard InChI is InChI=1S/C16H19ClN4O2S/c1-4-21(10-12-5-6-14(17)24-12)16(23)19-11-7-8-18-13(9-11)15(22)20(2)3/h5-9H,4,10H2,1-3H3,(H,18,19,23). The number of anilines is 1. The Kier molecular flexibility index (Phi) is 6.16. The summed E-state index contributed by atoms with van der Waals surface area (Å²) in [6, 6.07) is 6.70. The molecular formula is C16H19ClN4O2S. The second-order valence-electron chi connectivity index (χ2n) is 5.28. The molecule has 2 aromatic rings. The molecule has 128 valence electrons. The summed E-state index contributed by atoms with van der Waals surface area (Å²) in [6.07, 6.45) is 1.50. The molecule has 0 bridgehead atoms. The number of hydrogen-bond donors (Lipinski definition) is 1. The number of urea groups is 1. The molecule has 0 aliphatic rings. The van der Waals surface area contributed by atoms with Gasteiger partial charge < -0.3 is 15.1 Å². The van der Waals surface area contributed by atoms with Gasteiger partial charge in [0, 0.05) is 37.4 Å². The van der Waals surface area contributed by atoms with E-state index >= 15 is 0 Å². The summed E-state index contributed by atoms with van der Waals surface area (Å²) in [7, 11) is 3.31. The van der Waals surface area contributed by atoms with Crippen molar-refractivity contribution >= 4 is 40.6 Å². The number of carbonyl (C=O) groups excluding carboxylic acids is 2. The minimum absolute atomic E-state index is 0.216. The first-order valence-electron chi connectivity index (χ1n) is 7.38. The normalized spacial score (nSPS) is 10.3. The van der Waals surface area contributed by atoms with Gasteiger partial charge >= 0.3 is 6.03 Å². The number of amides is 3. The van der Waals surface area contributed by atoms with E-state index in [-0.39, 0.29) is 17.6 Å². The average molecular weight is 367 g/mol. The third kappa shape index (κ3) is 4.69. The third-order valence-corrected chi connectivity index (χ3v) is 4.50. The molecule has 0 fully saturated rings. The zero-order valence-corrected chi connectivity index (χ0v) is 15.3. The molecule has 0 unspecified atom stereocenters. The second-order valence-corrected chi connectivity index (χ2v) is 7.08. The van der Waals surface area contributed by atoms with Gasteiger partial charge in [0.05, 0.1) is 10.9 Å². The van der Waals surface area contributed by atoms with Gasteiger partial charge in [-0.3, -0.25) is 9.78 Å². The van der Waals surface area contributed by atoms with Crippen LogP contribution in [0, 0.1) is 0 Å². The lowest BCUT2D eigenvalue weighted by Gasteiger charge is -2.21. The number of nitrogens with one attached hydrogen (secondary N) is 1. The number of thiophene rings is 1. The Morgan fingerprint density at radius 1 is 1.29 bits per heavy atom. The van der Waals surface area contributed by atoms with E-state index < -0.39 is 0 Å². The van der Waals surface area contributed by atoms with Crippen molar-refractivity contribution in [2.45, 2.75) is 13.5 Å². The maximum atomic E-state index is 12.4. The van der Waals surface area contributed by atoms with E-state index in [2.05, 4.69) is 10.3 Å². The van der Waals surface area contributed by atoms with Crippen LogP contribution in [0.1, 0.15) is 22.3 Å². The molecule has 0 aliphatic carbocycles. The highest BCUT2D eigenvalue weighted by Crippen LogP contribution is 2.23. The third-order valence-electron chi connectivity index (χ3n) is 3.28. The van der Waals surface area contributed by atoms with Crippen LogP contribution in [0.5, 0.6) is 0 Å². The lowest BCUT2D eigenvalue weighted by atomic mass is 10.3. The van der Waals surface area contributed by atoms with Crippen molar-refractivity contribution < 1.29 is 9.59 Å². The predicted molar refractivity (Wildman–Crippen MR) is 96.7 cm³/mol. The smallest absolute Gasteiger partial charge is 0.322 e. The van der Waals surface area contributed by atoms with Gasteiger partial charge in [-0.1, -0.05) is 11.6 Å². The van der Waals surface area contributed by atoms with Gasteiger partial charge in [0.25, 0.3) is 5.91 Å². The minimum Gasteiger partial charge on any atom is -0.343 e. The summed E-state index contributed by atoms with van der Waals surface area (Å²) >= 11 is 7.37. The van der Waals surface area contributed by atoms with E-state index in [9.17, 15) is 9.59 Å². The van der Waals surface area contributed by atoms with Gasteiger partial charge in [0.1, 0.15) is 5.69 Å². The Morgan fingerprint density at radius 3 is 2.62 bits per heavy atom. The lowest BCUT2D eigenvalue weighted by molar-refractivity contribution is 0.0822. The number of carbonyl (C=O) groups is 2. The molecular weight excluding hydrogens is 348 g/mol. The van der Waals surface area contributed by atoms with Gasteiger partial charge in [0.15, 0.2) is 0 Å². The van der Waals surface area contributed by atoms with Gasteiger partial charge in [-0.2, -0.15) is 0 Å². The van der Waals surface area contributed by atoms with Crippen molar-refractivity contribution in [1.82, 2.24) is 14.8 Å². The molecule has 6 nitrogen and oxygen atoms in total. The molecule has 0 aliphatic heterocycles. The number of rotatable bonds is 5. The first-order valence-corrected chi connectivity index (χ1v) is 8.58. The van der Waals surface area contributed by atoms with E-state index in [1.807, 2.05) is 19.1 Å². The second kappa shape index (κ2) is 8.12. The molecule has 2 aromatic heterocycles. The lowest BCUT2D eigenvalue weighted by Crippen LogP contribution is -2.34. The van der Waals surface area contributed by atoms with Crippen LogP contribution in [0.15, 0.2) is 30.5 Å². The summed E-state index contributed by atoms with van der Waals surface area (Å²) in [5.74, 6) is -0.216. The van der Waals surface area contributed by atoms with E-state index in [0.717, 1.165) is 4.88 Å². The van der Waals surface area contributed by atoms with Crippen molar-refractivity contribution in [2.24, 2.45) is 0 Å². The molecule has 2 heterocycles. The molecule has 0 spiro atoms. The Hall–Kier alpha value is -2.12. The fourth-order valence-electron chi connectivity index (χ4n) is 2.01. The Labute approximate surface area is 150 Å². The van der Waals surface area contributed by atoms with E-state index in [0.29, 0.717) is 23.1 Å². The summed E-state index contributed by atoms with van der Waals surface area (Å²) in [5.41, 5.74) is 0.814. The summed E-state index contributed by atoms with van der Waals surface area (Å²) in [6.45, 7) is 2.94. The maximum Gasteiger partial charge on any atom is 0.322 e. The number of halogens is 1. The van der Waals surface area contributed by atoms with Crippen molar-refractivity contribution in [1.29, 1.82) is 0 Å². The quantitative estimate of drug-likeness (QED) is 0.879. The van der Waals surface area contributed by atoms with Crippen LogP contribution in [-0.4, -0.2) is 47.4 Å². The zero-order chi connectivity index (χ0) is 17.7.